The van der Waals surface area contributed by atoms with Gasteiger partial charge in [-0.25, -0.2) is 14.5 Å². The summed E-state index contributed by atoms with van der Waals surface area (Å²) >= 11 is 0. The topological polar surface area (TPSA) is 74.4 Å². The molecular weight excluding hydrogens is 390 g/mol. The molecule has 0 saturated heterocycles. The molecule has 0 aliphatic heterocycles. The van der Waals surface area contributed by atoms with Crippen LogP contribution in [0.25, 0.3) is 28.0 Å². The van der Waals surface area contributed by atoms with Gasteiger partial charge in [-0.1, -0.05) is 33.8 Å². The van der Waals surface area contributed by atoms with Crippen molar-refractivity contribution in [3.8, 4) is 28.3 Å². The zero-order valence-electron chi connectivity index (χ0n) is 19.2. The Balaban J connectivity index is 0.000000807. The van der Waals surface area contributed by atoms with Crippen molar-refractivity contribution in [2.45, 2.75) is 34.6 Å². The number of ether oxygens (including phenoxy) is 2. The molecule has 0 atom stereocenters. The number of hydrogen-bond acceptors (Lipinski definition) is 6. The van der Waals surface area contributed by atoms with Crippen molar-refractivity contribution in [2.75, 3.05) is 20.3 Å². The second-order valence-corrected chi connectivity index (χ2v) is 5.99. The number of imidazole rings is 1. The van der Waals surface area contributed by atoms with E-state index >= 15 is 0 Å². The summed E-state index contributed by atoms with van der Waals surface area (Å²) < 4.78 is 12.4. The highest BCUT2D eigenvalue weighted by atomic mass is 16.5. The van der Waals surface area contributed by atoms with Gasteiger partial charge in [0.25, 0.3) is 0 Å². The average molecular weight is 422 g/mol. The van der Waals surface area contributed by atoms with E-state index in [0.29, 0.717) is 19.1 Å². The van der Waals surface area contributed by atoms with E-state index in [-0.39, 0.29) is 0 Å². The Labute approximate surface area is 184 Å². The van der Waals surface area contributed by atoms with E-state index in [0.717, 1.165) is 33.7 Å². The van der Waals surface area contributed by atoms with Crippen LogP contribution >= 0.6 is 0 Å². The molecule has 0 aliphatic carbocycles. The van der Waals surface area contributed by atoms with E-state index in [1.54, 1.807) is 25.7 Å². The lowest BCUT2D eigenvalue weighted by Crippen LogP contribution is -2.05. The van der Waals surface area contributed by atoms with Crippen LogP contribution in [0.1, 0.15) is 33.4 Å². The monoisotopic (exact) mass is 421 g/mol. The molecular formula is C24H31N5O2. The van der Waals surface area contributed by atoms with Crippen LogP contribution in [0.4, 0.5) is 0 Å². The number of aryl methyl sites for hydroxylation is 1. The predicted molar refractivity (Wildman–Crippen MR) is 124 cm³/mol. The van der Waals surface area contributed by atoms with Crippen molar-refractivity contribution in [2.24, 2.45) is 0 Å². The van der Waals surface area contributed by atoms with Crippen LogP contribution in [0.5, 0.6) is 5.88 Å². The summed E-state index contributed by atoms with van der Waals surface area (Å²) in [6.07, 6.45) is 7.13. The molecule has 0 amide bonds. The maximum atomic E-state index is 5.53. The summed E-state index contributed by atoms with van der Waals surface area (Å²) in [7, 11) is 1.64. The van der Waals surface area contributed by atoms with Gasteiger partial charge in [0.1, 0.15) is 6.61 Å². The van der Waals surface area contributed by atoms with E-state index in [1.807, 2.05) is 75.7 Å². The predicted octanol–water partition coefficient (Wildman–Crippen LogP) is 5.24. The number of fused-ring (bicyclic) bond motifs is 1. The second-order valence-electron chi connectivity index (χ2n) is 5.99. The smallest absolute Gasteiger partial charge is 0.213 e. The number of pyridine rings is 2. The molecule has 0 spiro atoms. The largest absolute Gasteiger partial charge is 0.475 e. The molecule has 4 aromatic rings. The highest BCUT2D eigenvalue weighted by molar-refractivity contribution is 5.79. The third-order valence-corrected chi connectivity index (χ3v) is 4.21. The molecule has 31 heavy (non-hydrogen) atoms. The van der Waals surface area contributed by atoms with Gasteiger partial charge in [-0.05, 0) is 25.1 Å². The Bertz CT molecular complexity index is 1050. The van der Waals surface area contributed by atoms with Crippen LogP contribution in [0.3, 0.4) is 0 Å². The molecule has 0 aliphatic rings. The van der Waals surface area contributed by atoms with Gasteiger partial charge in [0.2, 0.25) is 5.88 Å². The second kappa shape index (κ2) is 12.4. The van der Waals surface area contributed by atoms with E-state index in [1.165, 1.54) is 0 Å². The minimum atomic E-state index is 0.466. The summed E-state index contributed by atoms with van der Waals surface area (Å²) in [5.41, 5.74) is 5.50. The average Bonchev–Trinajstić information content (AvgIpc) is 3.18. The molecule has 4 aromatic heterocycles. The van der Waals surface area contributed by atoms with Gasteiger partial charge in [0.15, 0.2) is 5.65 Å². The summed E-state index contributed by atoms with van der Waals surface area (Å²) in [5, 5.41) is 4.51. The maximum Gasteiger partial charge on any atom is 0.213 e. The molecule has 4 rings (SSSR count). The zero-order valence-corrected chi connectivity index (χ0v) is 19.2. The highest BCUT2D eigenvalue weighted by Crippen LogP contribution is 2.29. The fraction of sp³-hybridized carbons (Fsp3) is 0.333. The van der Waals surface area contributed by atoms with Crippen LogP contribution in [0, 0.1) is 6.92 Å². The Kier molecular flexibility index (Phi) is 9.58. The van der Waals surface area contributed by atoms with Crippen LogP contribution < -0.4 is 4.74 Å². The number of rotatable bonds is 6. The van der Waals surface area contributed by atoms with E-state index in [9.17, 15) is 0 Å². The standard InChI is InChI=1S/C20H19N5O2.2C2H6/c1-14-19(16-5-6-18(22-13-16)27-11-10-26-2)25-20(24-14)17(7-9-23-25)15-4-3-8-21-12-15;2*1-2/h3-9,12-13H,10-11H2,1-2H3;2*1-2H3. The first-order valence-corrected chi connectivity index (χ1v) is 10.6. The van der Waals surface area contributed by atoms with Crippen molar-refractivity contribution < 1.29 is 9.47 Å². The summed E-state index contributed by atoms with van der Waals surface area (Å²) in [6.45, 7) is 11.0. The maximum absolute atomic E-state index is 5.53. The van der Waals surface area contributed by atoms with E-state index < -0.39 is 0 Å². The normalized spacial score (nSPS) is 10.0. The minimum Gasteiger partial charge on any atom is -0.475 e. The Morgan fingerprint density at radius 2 is 1.71 bits per heavy atom. The Morgan fingerprint density at radius 3 is 2.35 bits per heavy atom. The fourth-order valence-corrected chi connectivity index (χ4v) is 2.97. The minimum absolute atomic E-state index is 0.466. The first-order valence-electron chi connectivity index (χ1n) is 10.6. The lowest BCUT2D eigenvalue weighted by molar-refractivity contribution is 0.144. The number of aromatic nitrogens is 5. The summed E-state index contributed by atoms with van der Waals surface area (Å²) in [6, 6.07) is 9.68. The van der Waals surface area contributed by atoms with Crippen LogP contribution in [0.2, 0.25) is 0 Å². The van der Waals surface area contributed by atoms with Crippen LogP contribution in [-0.4, -0.2) is 44.9 Å². The molecule has 7 heteroatoms. The molecule has 0 aromatic carbocycles. The van der Waals surface area contributed by atoms with Crippen molar-refractivity contribution in [3.05, 3.63) is 60.8 Å². The molecule has 164 valence electrons. The van der Waals surface area contributed by atoms with Gasteiger partial charge >= 0.3 is 0 Å². The van der Waals surface area contributed by atoms with E-state index in [2.05, 4.69) is 15.1 Å². The lowest BCUT2D eigenvalue weighted by atomic mass is 10.1. The van der Waals surface area contributed by atoms with Crippen LogP contribution in [-0.2, 0) is 4.74 Å². The lowest BCUT2D eigenvalue weighted by Gasteiger charge is -2.07. The van der Waals surface area contributed by atoms with Gasteiger partial charge in [0, 0.05) is 54.7 Å². The quantitative estimate of drug-likeness (QED) is 0.396. The number of nitrogens with zero attached hydrogens (tertiary/aromatic N) is 5. The van der Waals surface area contributed by atoms with Gasteiger partial charge in [-0.3, -0.25) is 4.98 Å². The van der Waals surface area contributed by atoms with Gasteiger partial charge in [-0.2, -0.15) is 5.10 Å². The van der Waals surface area contributed by atoms with Crippen molar-refractivity contribution in [1.29, 1.82) is 0 Å². The van der Waals surface area contributed by atoms with E-state index in [4.69, 9.17) is 14.5 Å². The van der Waals surface area contributed by atoms with Crippen molar-refractivity contribution in [1.82, 2.24) is 24.6 Å². The SMILES string of the molecule is CC.CC.COCCOc1ccc(-c2c(C)nc3c(-c4cccnc4)ccnn23)cn1. The third kappa shape index (κ3) is 5.64. The Morgan fingerprint density at radius 1 is 0.903 bits per heavy atom. The van der Waals surface area contributed by atoms with Gasteiger partial charge in [-0.15, -0.1) is 0 Å². The molecule has 0 bridgehead atoms. The van der Waals surface area contributed by atoms with Crippen LogP contribution in [0.15, 0.2) is 55.1 Å². The zero-order chi connectivity index (χ0) is 22.6. The third-order valence-electron chi connectivity index (χ3n) is 4.21. The fourth-order valence-electron chi connectivity index (χ4n) is 2.97. The molecule has 0 saturated carbocycles. The molecule has 0 radical (unpaired) electrons. The van der Waals surface area contributed by atoms with Crippen molar-refractivity contribution >= 4 is 5.65 Å². The molecule has 0 N–H and O–H groups in total. The molecule has 7 nitrogen and oxygen atoms in total. The highest BCUT2D eigenvalue weighted by Gasteiger charge is 2.16. The van der Waals surface area contributed by atoms with Gasteiger partial charge < -0.3 is 9.47 Å². The number of methoxy groups -OCH3 is 1. The molecule has 0 fully saturated rings. The van der Waals surface area contributed by atoms with Crippen molar-refractivity contribution in [3.63, 3.8) is 0 Å². The first kappa shape index (κ1) is 24.0. The summed E-state index contributed by atoms with van der Waals surface area (Å²) in [5.74, 6) is 0.561. The molecule has 4 heterocycles. The summed E-state index contributed by atoms with van der Waals surface area (Å²) in [4.78, 5) is 13.3. The first-order chi connectivity index (χ1) is 15.3. The molecule has 0 unspecified atom stereocenters. The number of hydrogen-bond donors (Lipinski definition) is 0. The van der Waals surface area contributed by atoms with Gasteiger partial charge in [0.05, 0.1) is 18.0 Å². The Hall–Kier alpha value is -3.32.